The highest BCUT2D eigenvalue weighted by Crippen LogP contribution is 2.08. The minimum Gasteiger partial charge on any atom is -0.481 e. The molecule has 3 nitrogen and oxygen atoms in total. The lowest BCUT2D eigenvalue weighted by Gasteiger charge is -2.06. The average Bonchev–Trinajstić information content (AvgIpc) is 2.10. The zero-order chi connectivity index (χ0) is 10.8. The molecule has 0 aromatic heterocycles. The molecule has 0 heterocycles. The van der Waals surface area contributed by atoms with Crippen LogP contribution >= 0.6 is 0 Å². The molecule has 0 aliphatic heterocycles. The Morgan fingerprint density at radius 3 is 2.64 bits per heavy atom. The van der Waals surface area contributed by atoms with Gasteiger partial charge in [-0.2, -0.15) is 0 Å². The Morgan fingerprint density at radius 2 is 2.07 bits per heavy atom. The third-order valence-corrected chi connectivity index (χ3v) is 2.05. The van der Waals surface area contributed by atoms with Gasteiger partial charge in [-0.3, -0.25) is 4.79 Å². The average molecular weight is 200 g/mol. The van der Waals surface area contributed by atoms with Gasteiger partial charge in [0.25, 0.3) is 0 Å². The number of allylic oxidation sites excluding steroid dienone is 2. The van der Waals surface area contributed by atoms with E-state index < -0.39 is 12.1 Å². The third kappa shape index (κ3) is 9.26. The number of carboxylic acid groups (broad SMARTS) is 1. The molecule has 0 radical (unpaired) electrons. The van der Waals surface area contributed by atoms with Crippen LogP contribution in [0.2, 0.25) is 0 Å². The van der Waals surface area contributed by atoms with Crippen LogP contribution in [0.4, 0.5) is 0 Å². The predicted octanol–water partition coefficient (Wildman–Crippen LogP) is 2.35. The van der Waals surface area contributed by atoms with Crippen LogP contribution in [0.25, 0.3) is 0 Å². The Kier molecular flexibility index (Phi) is 8.24. The summed E-state index contributed by atoms with van der Waals surface area (Å²) in [7, 11) is 0. The van der Waals surface area contributed by atoms with Gasteiger partial charge in [0.1, 0.15) is 0 Å². The van der Waals surface area contributed by atoms with Crippen molar-refractivity contribution in [2.24, 2.45) is 0 Å². The van der Waals surface area contributed by atoms with Gasteiger partial charge in [0.05, 0.1) is 12.5 Å². The van der Waals surface area contributed by atoms with E-state index in [-0.39, 0.29) is 6.42 Å². The van der Waals surface area contributed by atoms with Gasteiger partial charge >= 0.3 is 5.97 Å². The second-order valence-electron chi connectivity index (χ2n) is 3.46. The van der Waals surface area contributed by atoms with Crippen molar-refractivity contribution in [2.45, 2.75) is 51.6 Å². The van der Waals surface area contributed by atoms with Gasteiger partial charge in [0, 0.05) is 0 Å². The molecule has 0 bridgehead atoms. The van der Waals surface area contributed by atoms with Gasteiger partial charge < -0.3 is 10.2 Å². The summed E-state index contributed by atoms with van der Waals surface area (Å²) < 4.78 is 0. The van der Waals surface area contributed by atoms with Crippen molar-refractivity contribution >= 4 is 5.97 Å². The molecule has 82 valence electrons. The first-order chi connectivity index (χ1) is 6.66. The van der Waals surface area contributed by atoms with E-state index in [0.717, 1.165) is 25.7 Å². The monoisotopic (exact) mass is 200 g/mol. The fraction of sp³-hybridized carbons (Fsp3) is 0.727. The maximum atomic E-state index is 10.2. The van der Waals surface area contributed by atoms with Crippen molar-refractivity contribution in [3.05, 3.63) is 12.2 Å². The van der Waals surface area contributed by atoms with Crippen LogP contribution in [-0.4, -0.2) is 22.3 Å². The lowest BCUT2D eigenvalue weighted by atomic mass is 10.1. The minimum atomic E-state index is -0.925. The molecule has 1 unspecified atom stereocenters. The van der Waals surface area contributed by atoms with Crippen molar-refractivity contribution in [2.75, 3.05) is 0 Å². The standard InChI is InChI=1S/C11H20O3/c1-2-3-4-5-6-7-8-10(12)9-11(13)14/h2-3,10,12H,4-9H2,1H3,(H,13,14)/b3-2+. The quantitative estimate of drug-likeness (QED) is 0.467. The number of aliphatic carboxylic acids is 1. The molecule has 1 atom stereocenters. The number of unbranched alkanes of at least 4 members (excludes halogenated alkanes) is 3. The van der Waals surface area contributed by atoms with Crippen LogP contribution in [-0.2, 0) is 4.79 Å². The van der Waals surface area contributed by atoms with E-state index >= 15 is 0 Å². The first-order valence-corrected chi connectivity index (χ1v) is 5.17. The largest absolute Gasteiger partial charge is 0.481 e. The normalized spacial score (nSPS) is 13.3. The molecular weight excluding hydrogens is 180 g/mol. The van der Waals surface area contributed by atoms with Gasteiger partial charge in [-0.05, 0) is 26.2 Å². The lowest BCUT2D eigenvalue weighted by molar-refractivity contribution is -0.139. The van der Waals surface area contributed by atoms with Crippen molar-refractivity contribution in [1.29, 1.82) is 0 Å². The summed E-state index contributed by atoms with van der Waals surface area (Å²) in [5.41, 5.74) is 0. The first kappa shape index (κ1) is 13.2. The molecule has 0 saturated carbocycles. The first-order valence-electron chi connectivity index (χ1n) is 5.17. The van der Waals surface area contributed by atoms with Gasteiger partial charge in [0.2, 0.25) is 0 Å². The zero-order valence-corrected chi connectivity index (χ0v) is 8.78. The number of carboxylic acids is 1. The molecule has 0 saturated heterocycles. The smallest absolute Gasteiger partial charge is 0.305 e. The van der Waals surface area contributed by atoms with Crippen LogP contribution in [0.3, 0.4) is 0 Å². The van der Waals surface area contributed by atoms with Crippen molar-refractivity contribution < 1.29 is 15.0 Å². The van der Waals surface area contributed by atoms with Gasteiger partial charge in [-0.15, -0.1) is 0 Å². The van der Waals surface area contributed by atoms with Gasteiger partial charge in [-0.25, -0.2) is 0 Å². The van der Waals surface area contributed by atoms with Gasteiger partial charge in [-0.1, -0.05) is 25.0 Å². The van der Waals surface area contributed by atoms with E-state index in [1.165, 1.54) is 0 Å². The molecule has 2 N–H and O–H groups in total. The molecule has 0 aliphatic carbocycles. The topological polar surface area (TPSA) is 57.5 Å². The summed E-state index contributed by atoms with van der Waals surface area (Å²) in [5, 5.41) is 17.6. The molecule has 0 rings (SSSR count). The highest BCUT2D eigenvalue weighted by molar-refractivity contribution is 5.67. The van der Waals surface area contributed by atoms with E-state index in [2.05, 4.69) is 6.08 Å². The van der Waals surface area contributed by atoms with E-state index in [4.69, 9.17) is 5.11 Å². The van der Waals surface area contributed by atoms with E-state index in [9.17, 15) is 9.90 Å². The van der Waals surface area contributed by atoms with E-state index in [0.29, 0.717) is 6.42 Å². The molecule has 0 spiro atoms. The Hall–Kier alpha value is -0.830. The Labute approximate surface area is 85.4 Å². The molecule has 14 heavy (non-hydrogen) atoms. The number of aliphatic hydroxyl groups excluding tert-OH is 1. The van der Waals surface area contributed by atoms with Crippen LogP contribution in [0.5, 0.6) is 0 Å². The predicted molar refractivity (Wildman–Crippen MR) is 56.2 cm³/mol. The maximum Gasteiger partial charge on any atom is 0.305 e. The van der Waals surface area contributed by atoms with Crippen LogP contribution < -0.4 is 0 Å². The lowest BCUT2D eigenvalue weighted by Crippen LogP contribution is -2.12. The molecule has 0 fully saturated rings. The fourth-order valence-corrected chi connectivity index (χ4v) is 1.29. The SMILES string of the molecule is C/C=C/CCCCCC(O)CC(=O)O. The number of rotatable bonds is 8. The van der Waals surface area contributed by atoms with E-state index in [1.807, 2.05) is 13.0 Å². The number of hydrogen-bond acceptors (Lipinski definition) is 2. The Bertz CT molecular complexity index is 175. The second kappa shape index (κ2) is 8.75. The molecule has 3 heteroatoms. The van der Waals surface area contributed by atoms with Crippen molar-refractivity contribution in [3.8, 4) is 0 Å². The maximum absolute atomic E-state index is 10.2. The van der Waals surface area contributed by atoms with Crippen LogP contribution in [0.1, 0.15) is 45.4 Å². The fourth-order valence-electron chi connectivity index (χ4n) is 1.29. The van der Waals surface area contributed by atoms with Gasteiger partial charge in [0.15, 0.2) is 0 Å². The third-order valence-electron chi connectivity index (χ3n) is 2.05. The Morgan fingerprint density at radius 1 is 1.36 bits per heavy atom. The second-order valence-corrected chi connectivity index (χ2v) is 3.46. The highest BCUT2D eigenvalue weighted by atomic mass is 16.4. The number of carbonyl (C=O) groups is 1. The summed E-state index contributed by atoms with van der Waals surface area (Å²) in [6, 6.07) is 0. The zero-order valence-electron chi connectivity index (χ0n) is 8.78. The van der Waals surface area contributed by atoms with Crippen LogP contribution in [0, 0.1) is 0 Å². The van der Waals surface area contributed by atoms with Crippen LogP contribution in [0.15, 0.2) is 12.2 Å². The number of aliphatic hydroxyl groups is 1. The highest BCUT2D eigenvalue weighted by Gasteiger charge is 2.08. The number of hydrogen-bond donors (Lipinski definition) is 2. The molecule has 0 aliphatic rings. The summed E-state index contributed by atoms with van der Waals surface area (Å²) in [5.74, 6) is -0.925. The van der Waals surface area contributed by atoms with Crippen molar-refractivity contribution in [1.82, 2.24) is 0 Å². The molecule has 0 amide bonds. The summed E-state index contributed by atoms with van der Waals surface area (Å²) in [6.07, 6.45) is 8.10. The van der Waals surface area contributed by atoms with E-state index in [1.54, 1.807) is 0 Å². The molecule has 0 aromatic rings. The van der Waals surface area contributed by atoms with Crippen molar-refractivity contribution in [3.63, 3.8) is 0 Å². The molecular formula is C11H20O3. The molecule has 0 aromatic carbocycles. The summed E-state index contributed by atoms with van der Waals surface area (Å²) >= 11 is 0. The Balaban J connectivity index is 3.22. The minimum absolute atomic E-state index is 0.130. The summed E-state index contributed by atoms with van der Waals surface area (Å²) in [4.78, 5) is 10.2. The summed E-state index contributed by atoms with van der Waals surface area (Å²) in [6.45, 7) is 2.00.